The van der Waals surface area contributed by atoms with E-state index in [1.54, 1.807) is 0 Å². The van der Waals surface area contributed by atoms with Crippen molar-refractivity contribution >= 4 is 17.4 Å². The molecule has 0 aliphatic heterocycles. The lowest BCUT2D eigenvalue weighted by Gasteiger charge is -2.32. The minimum absolute atomic E-state index is 0.0935. The SMILES string of the molecule is CCCOc1cc(/C(COc2ccc(C(=O)O)c(O)c2)=N/O)cc(C(C)(C)C)c1N(CC)CC. The first-order valence-corrected chi connectivity index (χ1v) is 11.5. The van der Waals surface area contributed by atoms with Gasteiger partial charge in [-0.05, 0) is 55.5 Å². The lowest BCUT2D eigenvalue weighted by molar-refractivity contribution is 0.0693. The zero-order valence-corrected chi connectivity index (χ0v) is 20.9. The predicted molar refractivity (Wildman–Crippen MR) is 133 cm³/mol. The van der Waals surface area contributed by atoms with Gasteiger partial charge in [0.05, 0.1) is 12.3 Å². The Morgan fingerprint density at radius 2 is 1.74 bits per heavy atom. The van der Waals surface area contributed by atoms with E-state index >= 15 is 0 Å². The van der Waals surface area contributed by atoms with Crippen molar-refractivity contribution in [2.45, 2.75) is 53.4 Å². The van der Waals surface area contributed by atoms with Crippen molar-refractivity contribution in [2.24, 2.45) is 5.16 Å². The minimum Gasteiger partial charge on any atom is -0.507 e. The quantitative estimate of drug-likeness (QED) is 0.232. The van der Waals surface area contributed by atoms with Crippen LogP contribution in [0, 0.1) is 0 Å². The fourth-order valence-electron chi connectivity index (χ4n) is 3.64. The van der Waals surface area contributed by atoms with Crippen LogP contribution in [0.25, 0.3) is 0 Å². The average Bonchev–Trinajstić information content (AvgIpc) is 2.78. The molecule has 0 bridgehead atoms. The number of aromatic carboxylic acids is 1. The van der Waals surface area contributed by atoms with Crippen LogP contribution in [0.3, 0.4) is 0 Å². The standard InChI is InChI=1S/C26H36N2O6/c1-7-12-33-23-14-17(13-20(26(4,5)6)24(23)28(8-2)9-3)21(27-32)16-34-18-10-11-19(25(30)31)22(29)15-18/h10-11,13-15,29,32H,7-9,12,16H2,1-6H3,(H,30,31)/b27-21+. The molecule has 8 nitrogen and oxygen atoms in total. The first-order chi connectivity index (χ1) is 16.1. The molecule has 0 amide bonds. The number of carboxylic acid groups (broad SMARTS) is 1. The van der Waals surface area contributed by atoms with Crippen LogP contribution in [0.5, 0.6) is 17.2 Å². The third kappa shape index (κ3) is 6.34. The highest BCUT2D eigenvalue weighted by Gasteiger charge is 2.26. The fraction of sp³-hybridized carbons (Fsp3) is 0.462. The first-order valence-electron chi connectivity index (χ1n) is 11.5. The monoisotopic (exact) mass is 472 g/mol. The smallest absolute Gasteiger partial charge is 0.339 e. The second kappa shape index (κ2) is 11.6. The Morgan fingerprint density at radius 1 is 1.06 bits per heavy atom. The lowest BCUT2D eigenvalue weighted by Crippen LogP contribution is -2.28. The Hall–Kier alpha value is -3.42. The summed E-state index contributed by atoms with van der Waals surface area (Å²) in [6.07, 6.45) is 0.854. The molecule has 8 heteroatoms. The summed E-state index contributed by atoms with van der Waals surface area (Å²) in [6.45, 7) is 14.7. The second-order valence-electron chi connectivity index (χ2n) is 8.96. The van der Waals surface area contributed by atoms with E-state index in [4.69, 9.17) is 14.6 Å². The van der Waals surface area contributed by atoms with Gasteiger partial charge in [-0.15, -0.1) is 0 Å². The topological polar surface area (TPSA) is 112 Å². The van der Waals surface area contributed by atoms with Crippen LogP contribution >= 0.6 is 0 Å². The highest BCUT2D eigenvalue weighted by molar-refractivity contribution is 6.02. The fourth-order valence-corrected chi connectivity index (χ4v) is 3.64. The normalized spacial score (nSPS) is 11.9. The van der Waals surface area contributed by atoms with E-state index in [9.17, 15) is 15.1 Å². The van der Waals surface area contributed by atoms with E-state index < -0.39 is 11.7 Å². The predicted octanol–water partition coefficient (Wildman–Crippen LogP) is 5.28. The molecule has 0 heterocycles. The van der Waals surface area contributed by atoms with Crippen molar-refractivity contribution in [3.05, 3.63) is 47.0 Å². The summed E-state index contributed by atoms with van der Waals surface area (Å²) in [5.41, 5.74) is 2.59. The number of hydrogen-bond acceptors (Lipinski definition) is 7. The number of benzene rings is 2. The molecule has 0 spiro atoms. The van der Waals surface area contributed by atoms with Gasteiger partial charge in [0.15, 0.2) is 0 Å². The summed E-state index contributed by atoms with van der Waals surface area (Å²) in [4.78, 5) is 13.4. The molecule has 0 unspecified atom stereocenters. The molecule has 0 fully saturated rings. The van der Waals surface area contributed by atoms with Gasteiger partial charge in [0.2, 0.25) is 0 Å². The van der Waals surface area contributed by atoms with Crippen molar-refractivity contribution in [1.82, 2.24) is 0 Å². The third-order valence-electron chi connectivity index (χ3n) is 5.45. The number of oxime groups is 1. The second-order valence-corrected chi connectivity index (χ2v) is 8.96. The van der Waals surface area contributed by atoms with Crippen molar-refractivity contribution in [3.63, 3.8) is 0 Å². The summed E-state index contributed by atoms with van der Waals surface area (Å²) in [6, 6.07) is 7.78. The first kappa shape index (κ1) is 26.8. The molecule has 0 radical (unpaired) electrons. The Balaban J connectivity index is 2.48. The van der Waals surface area contributed by atoms with Crippen LogP contribution in [0.4, 0.5) is 5.69 Å². The third-order valence-corrected chi connectivity index (χ3v) is 5.45. The maximum Gasteiger partial charge on any atom is 0.339 e. The van der Waals surface area contributed by atoms with Gasteiger partial charge in [-0.25, -0.2) is 4.79 Å². The largest absolute Gasteiger partial charge is 0.507 e. The molecule has 3 N–H and O–H groups in total. The molecule has 2 rings (SSSR count). The molecule has 0 aliphatic rings. The molecule has 34 heavy (non-hydrogen) atoms. The summed E-state index contributed by atoms with van der Waals surface area (Å²) in [5, 5.41) is 32.2. The van der Waals surface area contributed by atoms with E-state index in [0.29, 0.717) is 12.2 Å². The zero-order valence-electron chi connectivity index (χ0n) is 20.9. The van der Waals surface area contributed by atoms with Crippen LogP contribution in [0.2, 0.25) is 0 Å². The number of anilines is 1. The van der Waals surface area contributed by atoms with Gasteiger partial charge in [0.25, 0.3) is 0 Å². The average molecular weight is 473 g/mol. The number of rotatable bonds is 11. The number of hydrogen-bond donors (Lipinski definition) is 3. The molecule has 0 aliphatic carbocycles. The van der Waals surface area contributed by atoms with Crippen molar-refractivity contribution in [1.29, 1.82) is 0 Å². The van der Waals surface area contributed by atoms with E-state index in [0.717, 1.165) is 36.5 Å². The van der Waals surface area contributed by atoms with Crippen LogP contribution < -0.4 is 14.4 Å². The molecule has 0 saturated heterocycles. The summed E-state index contributed by atoms with van der Waals surface area (Å²) in [7, 11) is 0. The van der Waals surface area contributed by atoms with Crippen LogP contribution in [0.1, 0.15) is 69.4 Å². The van der Waals surface area contributed by atoms with E-state index in [-0.39, 0.29) is 29.0 Å². The van der Waals surface area contributed by atoms with Crippen molar-refractivity contribution in [3.8, 4) is 17.2 Å². The van der Waals surface area contributed by atoms with Gasteiger partial charge in [-0.1, -0.05) is 32.9 Å². The molecule has 186 valence electrons. The Bertz CT molecular complexity index is 1020. The molecule has 2 aromatic carbocycles. The Labute approximate surface area is 201 Å². The van der Waals surface area contributed by atoms with Gasteiger partial charge >= 0.3 is 5.97 Å². The van der Waals surface area contributed by atoms with Gasteiger partial charge in [-0.3, -0.25) is 0 Å². The Kier molecular flexibility index (Phi) is 9.18. The molecule has 0 saturated carbocycles. The summed E-state index contributed by atoms with van der Waals surface area (Å²) in [5.74, 6) is -0.662. The van der Waals surface area contributed by atoms with Gasteiger partial charge in [0, 0.05) is 24.7 Å². The highest BCUT2D eigenvalue weighted by Crippen LogP contribution is 2.41. The Morgan fingerprint density at radius 3 is 2.24 bits per heavy atom. The van der Waals surface area contributed by atoms with E-state index in [1.807, 2.05) is 19.1 Å². The maximum absolute atomic E-state index is 11.1. The minimum atomic E-state index is -1.23. The molecule has 2 aromatic rings. The lowest BCUT2D eigenvalue weighted by atomic mass is 9.83. The number of carbonyl (C=O) groups is 1. The van der Waals surface area contributed by atoms with Gasteiger partial charge in [-0.2, -0.15) is 0 Å². The van der Waals surface area contributed by atoms with Crippen LogP contribution in [-0.4, -0.2) is 53.4 Å². The van der Waals surface area contributed by atoms with Crippen LogP contribution in [0.15, 0.2) is 35.5 Å². The van der Waals surface area contributed by atoms with E-state index in [1.165, 1.54) is 18.2 Å². The van der Waals surface area contributed by atoms with Crippen molar-refractivity contribution in [2.75, 3.05) is 31.2 Å². The highest BCUT2D eigenvalue weighted by atomic mass is 16.5. The molecular formula is C26H36N2O6. The number of phenols is 1. The molecule has 0 atom stereocenters. The number of ether oxygens (including phenoxy) is 2. The van der Waals surface area contributed by atoms with Gasteiger partial charge < -0.3 is 29.8 Å². The summed E-state index contributed by atoms with van der Waals surface area (Å²) >= 11 is 0. The molecule has 0 aromatic heterocycles. The maximum atomic E-state index is 11.1. The summed E-state index contributed by atoms with van der Waals surface area (Å²) < 4.78 is 11.8. The van der Waals surface area contributed by atoms with E-state index in [2.05, 4.69) is 44.7 Å². The molecular weight excluding hydrogens is 436 g/mol. The number of aromatic hydroxyl groups is 1. The van der Waals surface area contributed by atoms with Crippen LogP contribution in [-0.2, 0) is 5.41 Å². The van der Waals surface area contributed by atoms with Crippen molar-refractivity contribution < 1.29 is 29.7 Å². The number of carboxylic acids is 1. The van der Waals surface area contributed by atoms with Gasteiger partial charge in [0.1, 0.15) is 35.1 Å². The number of nitrogens with zero attached hydrogens (tertiary/aromatic N) is 2. The zero-order chi connectivity index (χ0) is 25.5.